The summed E-state index contributed by atoms with van der Waals surface area (Å²) in [4.78, 5) is 8.76. The second kappa shape index (κ2) is 5.02. The van der Waals surface area contributed by atoms with Crippen LogP contribution in [-0.4, -0.2) is 15.1 Å². The van der Waals surface area contributed by atoms with E-state index in [0.29, 0.717) is 17.4 Å². The van der Waals surface area contributed by atoms with E-state index in [-0.39, 0.29) is 12.0 Å². The van der Waals surface area contributed by atoms with Crippen LogP contribution in [0.4, 0.5) is 0 Å². The maximum absolute atomic E-state index is 6.03. The topological polar surface area (TPSA) is 77.8 Å². The molecule has 20 heavy (non-hydrogen) atoms. The number of rotatable bonds is 3. The van der Waals surface area contributed by atoms with Crippen LogP contribution in [0, 0.1) is 5.92 Å². The van der Waals surface area contributed by atoms with E-state index >= 15 is 0 Å². The predicted octanol–water partition coefficient (Wildman–Crippen LogP) is 2.94. The number of hydrogen-bond acceptors (Lipinski definition) is 5. The third kappa shape index (κ3) is 2.16. The van der Waals surface area contributed by atoms with E-state index in [1.54, 1.807) is 6.20 Å². The third-order valence-electron chi connectivity index (χ3n) is 3.33. The average molecular weight is 268 g/mol. The van der Waals surface area contributed by atoms with Gasteiger partial charge in [-0.05, 0) is 17.4 Å². The van der Waals surface area contributed by atoms with E-state index < -0.39 is 0 Å². The van der Waals surface area contributed by atoms with Crippen LogP contribution in [0.15, 0.2) is 41.1 Å². The first-order chi connectivity index (χ1) is 9.66. The second-order valence-corrected chi connectivity index (χ2v) is 5.11. The molecule has 0 saturated heterocycles. The Morgan fingerprint density at radius 1 is 1.15 bits per heavy atom. The molecule has 0 aliphatic carbocycles. The highest BCUT2D eigenvalue weighted by Gasteiger charge is 2.19. The fraction of sp³-hybridized carbons (Fsp3) is 0.267. The molecule has 5 heteroatoms. The van der Waals surface area contributed by atoms with Gasteiger partial charge in [-0.25, -0.2) is 0 Å². The van der Waals surface area contributed by atoms with Crippen molar-refractivity contribution in [3.63, 3.8) is 0 Å². The van der Waals surface area contributed by atoms with Crippen LogP contribution in [0.2, 0.25) is 0 Å². The molecule has 0 saturated carbocycles. The molecule has 2 N–H and O–H groups in total. The predicted molar refractivity (Wildman–Crippen MR) is 76.8 cm³/mol. The minimum absolute atomic E-state index is 0.240. The number of hydrogen-bond donors (Lipinski definition) is 1. The Bertz CT molecular complexity index is 730. The summed E-state index contributed by atoms with van der Waals surface area (Å²) in [5.41, 5.74) is 6.74. The van der Waals surface area contributed by atoms with Crippen LogP contribution in [-0.2, 0) is 0 Å². The van der Waals surface area contributed by atoms with Crippen LogP contribution in [0.1, 0.15) is 25.8 Å². The van der Waals surface area contributed by atoms with Gasteiger partial charge in [0.1, 0.15) is 5.69 Å². The molecule has 0 spiro atoms. The zero-order valence-electron chi connectivity index (χ0n) is 11.4. The van der Waals surface area contributed by atoms with E-state index in [9.17, 15) is 0 Å². The molecule has 0 aliphatic rings. The van der Waals surface area contributed by atoms with E-state index in [2.05, 4.69) is 15.1 Å². The van der Waals surface area contributed by atoms with Crippen molar-refractivity contribution in [2.75, 3.05) is 0 Å². The average Bonchev–Trinajstić information content (AvgIpc) is 2.95. The molecule has 0 aliphatic heterocycles. The number of nitrogens with zero attached hydrogens (tertiary/aromatic N) is 3. The largest absolute Gasteiger partial charge is 0.337 e. The molecule has 3 rings (SSSR count). The summed E-state index contributed by atoms with van der Waals surface area (Å²) in [6.07, 6.45) is 1.75. The number of fused-ring (bicyclic) bond motifs is 1. The van der Waals surface area contributed by atoms with Crippen molar-refractivity contribution in [3.8, 4) is 11.5 Å². The SMILES string of the molecule is CC(C)[C@H](N)c1nc(-c2nccc3ccccc23)no1. The van der Waals surface area contributed by atoms with Gasteiger partial charge in [-0.2, -0.15) is 4.98 Å². The van der Waals surface area contributed by atoms with Crippen LogP contribution in [0.25, 0.3) is 22.3 Å². The van der Waals surface area contributed by atoms with Crippen molar-refractivity contribution in [1.29, 1.82) is 0 Å². The van der Waals surface area contributed by atoms with Crippen molar-refractivity contribution in [3.05, 3.63) is 42.4 Å². The number of pyridine rings is 1. The zero-order valence-corrected chi connectivity index (χ0v) is 11.4. The van der Waals surface area contributed by atoms with E-state index in [0.717, 1.165) is 10.8 Å². The first-order valence-electron chi connectivity index (χ1n) is 6.60. The Balaban J connectivity index is 2.08. The van der Waals surface area contributed by atoms with E-state index in [4.69, 9.17) is 10.3 Å². The molecule has 3 aromatic rings. The molecule has 102 valence electrons. The molecule has 5 nitrogen and oxygen atoms in total. The minimum Gasteiger partial charge on any atom is -0.337 e. The van der Waals surface area contributed by atoms with Gasteiger partial charge in [0.05, 0.1) is 6.04 Å². The Morgan fingerprint density at radius 3 is 2.75 bits per heavy atom. The summed E-state index contributed by atoms with van der Waals surface area (Å²) in [6.45, 7) is 4.04. The van der Waals surface area contributed by atoms with Crippen molar-refractivity contribution >= 4 is 10.8 Å². The molecule has 1 aromatic carbocycles. The summed E-state index contributed by atoms with van der Waals surface area (Å²) in [5.74, 6) is 1.17. The lowest BCUT2D eigenvalue weighted by Gasteiger charge is -2.09. The Hall–Kier alpha value is -2.27. The number of aromatic nitrogens is 3. The van der Waals surface area contributed by atoms with Gasteiger partial charge in [0, 0.05) is 11.6 Å². The fourth-order valence-corrected chi connectivity index (χ4v) is 2.05. The van der Waals surface area contributed by atoms with Gasteiger partial charge in [-0.3, -0.25) is 4.98 Å². The first-order valence-corrected chi connectivity index (χ1v) is 6.60. The van der Waals surface area contributed by atoms with Gasteiger partial charge in [-0.15, -0.1) is 0 Å². The maximum atomic E-state index is 6.03. The number of nitrogens with two attached hydrogens (primary N) is 1. The summed E-state index contributed by atoms with van der Waals surface area (Å²) >= 11 is 0. The zero-order chi connectivity index (χ0) is 14.1. The van der Waals surface area contributed by atoms with Gasteiger partial charge in [0.2, 0.25) is 11.7 Å². The van der Waals surface area contributed by atoms with Gasteiger partial charge >= 0.3 is 0 Å². The molecule has 0 unspecified atom stereocenters. The Labute approximate surface area is 116 Å². The molecule has 0 fully saturated rings. The van der Waals surface area contributed by atoms with Crippen molar-refractivity contribution in [2.45, 2.75) is 19.9 Å². The molecule has 0 radical (unpaired) electrons. The van der Waals surface area contributed by atoms with Gasteiger partial charge in [0.15, 0.2) is 0 Å². The quantitative estimate of drug-likeness (QED) is 0.790. The molecule has 0 bridgehead atoms. The first kappa shape index (κ1) is 12.7. The Kier molecular flexibility index (Phi) is 3.20. The highest BCUT2D eigenvalue weighted by atomic mass is 16.5. The summed E-state index contributed by atoms with van der Waals surface area (Å²) in [6, 6.07) is 9.68. The molecule has 2 heterocycles. The van der Waals surface area contributed by atoms with Crippen LogP contribution in [0.3, 0.4) is 0 Å². The van der Waals surface area contributed by atoms with Crippen molar-refractivity contribution in [1.82, 2.24) is 15.1 Å². The van der Waals surface area contributed by atoms with Crippen molar-refractivity contribution in [2.24, 2.45) is 11.7 Å². The molecular formula is C15H16N4O. The van der Waals surface area contributed by atoms with Gasteiger partial charge in [-0.1, -0.05) is 43.3 Å². The van der Waals surface area contributed by atoms with Crippen LogP contribution in [0.5, 0.6) is 0 Å². The van der Waals surface area contributed by atoms with Gasteiger partial charge < -0.3 is 10.3 Å². The smallest absolute Gasteiger partial charge is 0.244 e. The molecule has 1 atom stereocenters. The van der Waals surface area contributed by atoms with Gasteiger partial charge in [0.25, 0.3) is 0 Å². The fourth-order valence-electron chi connectivity index (χ4n) is 2.05. The molecular weight excluding hydrogens is 252 g/mol. The lowest BCUT2D eigenvalue weighted by molar-refractivity contribution is 0.325. The Morgan fingerprint density at radius 2 is 1.95 bits per heavy atom. The third-order valence-corrected chi connectivity index (χ3v) is 3.33. The maximum Gasteiger partial charge on any atom is 0.244 e. The lowest BCUT2D eigenvalue weighted by atomic mass is 10.1. The van der Waals surface area contributed by atoms with Crippen LogP contribution >= 0.6 is 0 Å². The van der Waals surface area contributed by atoms with E-state index in [1.165, 1.54) is 0 Å². The standard InChI is InChI=1S/C15H16N4O/c1-9(2)12(16)15-18-14(19-20-15)13-11-6-4-3-5-10(11)7-8-17-13/h3-9,12H,16H2,1-2H3/t12-/m0/s1. The highest BCUT2D eigenvalue weighted by molar-refractivity contribution is 5.92. The summed E-state index contributed by atoms with van der Waals surface area (Å²) in [7, 11) is 0. The summed E-state index contributed by atoms with van der Waals surface area (Å²) < 4.78 is 5.26. The highest BCUT2D eigenvalue weighted by Crippen LogP contribution is 2.26. The molecule has 2 aromatic heterocycles. The molecule has 0 amide bonds. The lowest BCUT2D eigenvalue weighted by Crippen LogP contribution is -2.16. The minimum atomic E-state index is -0.258. The number of benzene rings is 1. The van der Waals surface area contributed by atoms with E-state index in [1.807, 2.05) is 44.2 Å². The summed E-state index contributed by atoms with van der Waals surface area (Å²) in [5, 5.41) is 6.11. The normalized spacial score (nSPS) is 13.0. The van der Waals surface area contributed by atoms with Crippen LogP contribution < -0.4 is 5.73 Å². The van der Waals surface area contributed by atoms with Crippen molar-refractivity contribution < 1.29 is 4.52 Å². The monoisotopic (exact) mass is 268 g/mol. The second-order valence-electron chi connectivity index (χ2n) is 5.11.